The van der Waals surface area contributed by atoms with Crippen LogP contribution in [0.25, 0.3) is 16.8 Å². The summed E-state index contributed by atoms with van der Waals surface area (Å²) >= 11 is 6.57. The lowest BCUT2D eigenvalue weighted by molar-refractivity contribution is -0.131. The molecule has 0 bridgehead atoms. The second-order valence-corrected chi connectivity index (χ2v) is 8.62. The minimum absolute atomic E-state index is 0.267. The van der Waals surface area contributed by atoms with Crippen LogP contribution < -0.4 is 10.6 Å². The summed E-state index contributed by atoms with van der Waals surface area (Å²) in [4.78, 5) is 21.3. The lowest BCUT2D eigenvalue weighted by Gasteiger charge is -2.35. The van der Waals surface area contributed by atoms with E-state index in [1.807, 2.05) is 30.2 Å². The van der Waals surface area contributed by atoms with E-state index >= 15 is 0 Å². The Bertz CT molecular complexity index is 1090. The molecule has 0 radical (unpaired) electrons. The first kappa shape index (κ1) is 21.7. The molecule has 1 saturated heterocycles. The van der Waals surface area contributed by atoms with Crippen molar-refractivity contribution in [3.8, 4) is 11.1 Å². The van der Waals surface area contributed by atoms with E-state index in [9.17, 15) is 4.79 Å². The topological polar surface area (TPSA) is 66.9 Å². The van der Waals surface area contributed by atoms with Crippen LogP contribution in [0.1, 0.15) is 37.3 Å². The van der Waals surface area contributed by atoms with E-state index in [1.54, 1.807) is 0 Å². The molecule has 1 amide bonds. The summed E-state index contributed by atoms with van der Waals surface area (Å²) in [6.45, 7) is 7.64. The number of carbonyl (C=O) groups is 1. The maximum absolute atomic E-state index is 12.4. The summed E-state index contributed by atoms with van der Waals surface area (Å²) < 4.78 is 2.11. The SMILES string of the molecule is CCCCC(=O)N1CCN(c2cnc3cc(CN)c(-c4ccc(C)cc4Cl)cn23)CC1. The molecule has 2 aromatic heterocycles. The number of piperazine rings is 1. The van der Waals surface area contributed by atoms with Gasteiger partial charge in [0.05, 0.1) is 6.20 Å². The zero-order chi connectivity index (χ0) is 22.0. The Hall–Kier alpha value is -2.57. The van der Waals surface area contributed by atoms with Gasteiger partial charge in [-0.05, 0) is 36.6 Å². The monoisotopic (exact) mass is 439 g/mol. The predicted molar refractivity (Wildman–Crippen MR) is 127 cm³/mol. The fourth-order valence-electron chi connectivity index (χ4n) is 4.21. The Labute approximate surface area is 188 Å². The van der Waals surface area contributed by atoms with Crippen molar-refractivity contribution in [3.05, 3.63) is 52.8 Å². The Balaban J connectivity index is 1.62. The molecule has 2 N–H and O–H groups in total. The van der Waals surface area contributed by atoms with Gasteiger partial charge < -0.3 is 15.5 Å². The van der Waals surface area contributed by atoms with Crippen LogP contribution in [0.5, 0.6) is 0 Å². The zero-order valence-corrected chi connectivity index (χ0v) is 19.0. The number of carbonyl (C=O) groups excluding carboxylic acids is 1. The van der Waals surface area contributed by atoms with Crippen LogP contribution in [0.4, 0.5) is 5.82 Å². The van der Waals surface area contributed by atoms with Crippen molar-refractivity contribution in [2.45, 2.75) is 39.7 Å². The number of amides is 1. The number of benzene rings is 1. The Morgan fingerprint density at radius 2 is 1.94 bits per heavy atom. The molecule has 0 spiro atoms. The number of aromatic nitrogens is 2. The Morgan fingerprint density at radius 1 is 1.16 bits per heavy atom. The largest absolute Gasteiger partial charge is 0.353 e. The number of imidazole rings is 1. The second kappa shape index (κ2) is 9.28. The van der Waals surface area contributed by atoms with Crippen LogP contribution in [0.3, 0.4) is 0 Å². The quantitative estimate of drug-likeness (QED) is 0.623. The number of unbranched alkanes of at least 4 members (excludes halogenated alkanes) is 1. The molecule has 7 heteroatoms. The standard InChI is InChI=1S/C24H30ClN5O/c1-3-4-5-24(31)29-10-8-28(9-11-29)23-15-27-22-13-18(14-26)20(16-30(22)23)19-7-6-17(2)12-21(19)25/h6-7,12-13,15-16H,3-5,8-11,14,26H2,1-2H3. The van der Waals surface area contributed by atoms with Crippen LogP contribution in [-0.4, -0.2) is 46.4 Å². The fraction of sp³-hybridized carbons (Fsp3) is 0.417. The summed E-state index contributed by atoms with van der Waals surface area (Å²) in [6.07, 6.45) is 6.65. The number of hydrogen-bond acceptors (Lipinski definition) is 4. The second-order valence-electron chi connectivity index (χ2n) is 8.22. The molecule has 1 aliphatic heterocycles. The first-order chi connectivity index (χ1) is 15.0. The number of nitrogens with two attached hydrogens (primary N) is 1. The van der Waals surface area contributed by atoms with Crippen molar-refractivity contribution >= 4 is 29.0 Å². The van der Waals surface area contributed by atoms with Crippen molar-refractivity contribution in [1.29, 1.82) is 0 Å². The number of anilines is 1. The molecule has 164 valence electrons. The molecular weight excluding hydrogens is 410 g/mol. The van der Waals surface area contributed by atoms with E-state index in [2.05, 4.69) is 39.5 Å². The number of halogens is 1. The normalized spacial score (nSPS) is 14.5. The Morgan fingerprint density at radius 3 is 2.61 bits per heavy atom. The number of nitrogens with zero attached hydrogens (tertiary/aromatic N) is 4. The maximum atomic E-state index is 12.4. The van der Waals surface area contributed by atoms with E-state index in [-0.39, 0.29) is 5.91 Å². The van der Waals surface area contributed by atoms with Gasteiger partial charge in [-0.25, -0.2) is 4.98 Å². The lowest BCUT2D eigenvalue weighted by Crippen LogP contribution is -2.49. The molecular formula is C24H30ClN5O. The molecule has 0 unspecified atom stereocenters. The molecule has 3 aromatic rings. The van der Waals surface area contributed by atoms with Crippen molar-refractivity contribution in [2.75, 3.05) is 31.1 Å². The highest BCUT2D eigenvalue weighted by Gasteiger charge is 2.23. The highest BCUT2D eigenvalue weighted by molar-refractivity contribution is 6.33. The predicted octanol–water partition coefficient (Wildman–Crippen LogP) is 4.26. The van der Waals surface area contributed by atoms with Gasteiger partial charge in [-0.15, -0.1) is 0 Å². The summed E-state index contributed by atoms with van der Waals surface area (Å²) in [5.74, 6) is 1.30. The van der Waals surface area contributed by atoms with Crippen molar-refractivity contribution < 1.29 is 4.79 Å². The average Bonchev–Trinajstić information content (AvgIpc) is 3.19. The molecule has 31 heavy (non-hydrogen) atoms. The average molecular weight is 440 g/mol. The van der Waals surface area contributed by atoms with Gasteiger partial charge in [-0.3, -0.25) is 9.20 Å². The molecule has 3 heterocycles. The highest BCUT2D eigenvalue weighted by atomic mass is 35.5. The molecule has 4 rings (SSSR count). The van der Waals surface area contributed by atoms with Crippen LogP contribution >= 0.6 is 11.6 Å². The summed E-state index contributed by atoms with van der Waals surface area (Å²) in [5, 5.41) is 0.718. The first-order valence-electron chi connectivity index (χ1n) is 11.0. The molecule has 0 aliphatic carbocycles. The molecule has 1 fully saturated rings. The van der Waals surface area contributed by atoms with Crippen molar-refractivity contribution in [2.24, 2.45) is 5.73 Å². The minimum Gasteiger partial charge on any atom is -0.353 e. The van der Waals surface area contributed by atoms with Gasteiger partial charge in [0.1, 0.15) is 11.5 Å². The fourth-order valence-corrected chi connectivity index (χ4v) is 4.54. The third kappa shape index (κ3) is 4.41. The third-order valence-electron chi connectivity index (χ3n) is 6.05. The summed E-state index contributed by atoms with van der Waals surface area (Å²) in [7, 11) is 0. The number of aryl methyl sites for hydroxylation is 1. The van der Waals surface area contributed by atoms with Crippen LogP contribution in [-0.2, 0) is 11.3 Å². The van der Waals surface area contributed by atoms with Crippen LogP contribution in [0, 0.1) is 6.92 Å². The van der Waals surface area contributed by atoms with Crippen molar-refractivity contribution in [3.63, 3.8) is 0 Å². The summed E-state index contributed by atoms with van der Waals surface area (Å²) in [5.41, 5.74) is 11.1. The summed E-state index contributed by atoms with van der Waals surface area (Å²) in [6, 6.07) is 8.13. The molecule has 0 atom stereocenters. The lowest BCUT2D eigenvalue weighted by atomic mass is 10.0. The van der Waals surface area contributed by atoms with E-state index in [4.69, 9.17) is 17.3 Å². The Kier molecular flexibility index (Phi) is 6.49. The van der Waals surface area contributed by atoms with Gasteiger partial charge in [0.2, 0.25) is 5.91 Å². The van der Waals surface area contributed by atoms with Gasteiger partial charge >= 0.3 is 0 Å². The van der Waals surface area contributed by atoms with E-state index in [0.29, 0.717) is 13.0 Å². The van der Waals surface area contributed by atoms with Gasteiger partial charge in [0, 0.05) is 61.5 Å². The highest BCUT2D eigenvalue weighted by Crippen LogP contribution is 2.33. The smallest absolute Gasteiger partial charge is 0.222 e. The van der Waals surface area contributed by atoms with Crippen LogP contribution in [0.15, 0.2) is 36.7 Å². The van der Waals surface area contributed by atoms with E-state index in [0.717, 1.165) is 77.8 Å². The van der Waals surface area contributed by atoms with E-state index in [1.165, 1.54) is 0 Å². The molecule has 1 aliphatic rings. The first-order valence-corrected chi connectivity index (χ1v) is 11.4. The van der Waals surface area contributed by atoms with Crippen LogP contribution in [0.2, 0.25) is 5.02 Å². The minimum atomic E-state index is 0.267. The molecule has 0 saturated carbocycles. The zero-order valence-electron chi connectivity index (χ0n) is 18.3. The van der Waals surface area contributed by atoms with Gasteiger partial charge in [0.15, 0.2) is 0 Å². The molecule has 1 aromatic carbocycles. The number of hydrogen-bond donors (Lipinski definition) is 1. The van der Waals surface area contributed by atoms with Crippen molar-refractivity contribution in [1.82, 2.24) is 14.3 Å². The van der Waals surface area contributed by atoms with Gasteiger partial charge in [-0.1, -0.05) is 37.1 Å². The number of rotatable bonds is 6. The van der Waals surface area contributed by atoms with E-state index < -0.39 is 0 Å². The third-order valence-corrected chi connectivity index (χ3v) is 6.36. The molecule has 6 nitrogen and oxygen atoms in total. The number of pyridine rings is 1. The number of fused-ring (bicyclic) bond motifs is 1. The van der Waals surface area contributed by atoms with Gasteiger partial charge in [-0.2, -0.15) is 0 Å². The maximum Gasteiger partial charge on any atom is 0.222 e. The van der Waals surface area contributed by atoms with Gasteiger partial charge in [0.25, 0.3) is 0 Å².